The van der Waals surface area contributed by atoms with E-state index >= 15 is 0 Å². The number of hydrogen-bond donors (Lipinski definition) is 2. The van der Waals surface area contributed by atoms with E-state index in [0.717, 1.165) is 12.6 Å². The molecule has 2 N–H and O–H groups in total. The molecule has 3 amide bonds. The summed E-state index contributed by atoms with van der Waals surface area (Å²) in [5.74, 6) is -1.05. The fourth-order valence-corrected chi connectivity index (χ4v) is 3.54. The first kappa shape index (κ1) is 22.1. The van der Waals surface area contributed by atoms with Gasteiger partial charge in [-0.25, -0.2) is 13.1 Å². The molecule has 0 spiro atoms. The van der Waals surface area contributed by atoms with Crippen molar-refractivity contribution in [3.05, 3.63) is 54.6 Å². The molecule has 0 aliphatic rings. The summed E-state index contributed by atoms with van der Waals surface area (Å²) < 4.78 is 25.6. The van der Waals surface area contributed by atoms with Crippen molar-refractivity contribution >= 4 is 39.1 Å². The molecule has 0 aromatic heterocycles. The lowest BCUT2D eigenvalue weighted by atomic mass is 10.2. The molecule has 154 valence electrons. The molecule has 9 heteroatoms. The minimum Gasteiger partial charge on any atom is -0.326 e. The zero-order chi connectivity index (χ0) is 21.4. The molecule has 8 nitrogen and oxygen atoms in total. The quantitative estimate of drug-likeness (QED) is 0.684. The Bertz CT molecular complexity index is 973. The van der Waals surface area contributed by atoms with Crippen molar-refractivity contribution in [1.29, 1.82) is 0 Å². The van der Waals surface area contributed by atoms with Gasteiger partial charge in [0.15, 0.2) is 0 Å². The maximum Gasteiger partial charge on any atom is 0.264 e. The fraction of sp³-hybridized carbons (Fsp3) is 0.250. The summed E-state index contributed by atoms with van der Waals surface area (Å²) in [5.41, 5.74) is 1.21. The number of benzene rings is 2. The molecule has 0 heterocycles. The number of anilines is 2. The molecule has 0 saturated carbocycles. The lowest BCUT2D eigenvalue weighted by Gasteiger charge is -2.17. The van der Waals surface area contributed by atoms with Gasteiger partial charge in [0.2, 0.25) is 17.7 Å². The van der Waals surface area contributed by atoms with Gasteiger partial charge in [-0.2, -0.15) is 0 Å². The maximum absolute atomic E-state index is 12.2. The first-order valence-corrected chi connectivity index (χ1v) is 10.4. The van der Waals surface area contributed by atoms with Crippen LogP contribution in [-0.4, -0.2) is 33.2 Å². The van der Waals surface area contributed by atoms with E-state index < -0.39 is 15.9 Å². The highest BCUT2D eigenvalue weighted by molar-refractivity contribution is 7.90. The Hall–Kier alpha value is -3.20. The Kier molecular flexibility index (Phi) is 7.49. The van der Waals surface area contributed by atoms with Crippen LogP contribution < -0.4 is 14.9 Å². The molecule has 0 bridgehead atoms. The average molecular weight is 417 g/mol. The first-order chi connectivity index (χ1) is 13.7. The van der Waals surface area contributed by atoms with E-state index in [1.54, 1.807) is 11.9 Å². The molecule has 0 fully saturated rings. The Morgan fingerprint density at radius 3 is 2.14 bits per heavy atom. The minimum absolute atomic E-state index is 0.0831. The largest absolute Gasteiger partial charge is 0.326 e. The molecular formula is C20H23N3O5S. The van der Waals surface area contributed by atoms with Gasteiger partial charge < -0.3 is 10.2 Å². The second-order valence-electron chi connectivity index (χ2n) is 6.38. The average Bonchev–Trinajstić information content (AvgIpc) is 2.67. The van der Waals surface area contributed by atoms with E-state index in [0.29, 0.717) is 12.1 Å². The molecule has 0 unspecified atom stereocenters. The summed E-state index contributed by atoms with van der Waals surface area (Å²) in [6, 6.07) is 14.7. The topological polar surface area (TPSA) is 113 Å². The van der Waals surface area contributed by atoms with Crippen LogP contribution in [0.2, 0.25) is 0 Å². The van der Waals surface area contributed by atoms with E-state index in [4.69, 9.17) is 0 Å². The van der Waals surface area contributed by atoms with Gasteiger partial charge in [-0.15, -0.1) is 0 Å². The Labute approximate surface area is 170 Å². The second kappa shape index (κ2) is 9.83. The van der Waals surface area contributed by atoms with Crippen LogP contribution in [-0.2, 0) is 24.4 Å². The number of nitrogens with zero attached hydrogens (tertiary/aromatic N) is 1. The number of rotatable bonds is 8. The predicted molar refractivity (Wildman–Crippen MR) is 110 cm³/mol. The minimum atomic E-state index is -3.91. The predicted octanol–water partition coefficient (Wildman–Crippen LogP) is 2.28. The zero-order valence-corrected chi connectivity index (χ0v) is 17.0. The number of para-hydroxylation sites is 1. The van der Waals surface area contributed by atoms with Crippen LogP contribution in [0.5, 0.6) is 0 Å². The monoisotopic (exact) mass is 417 g/mol. The van der Waals surface area contributed by atoms with Crippen molar-refractivity contribution in [2.24, 2.45) is 0 Å². The summed E-state index contributed by atoms with van der Waals surface area (Å²) in [6.45, 7) is 1.11. The third kappa shape index (κ3) is 6.72. The zero-order valence-electron chi connectivity index (χ0n) is 16.2. The molecule has 0 atom stereocenters. The second-order valence-corrected chi connectivity index (χ2v) is 8.06. The van der Waals surface area contributed by atoms with E-state index in [2.05, 4.69) is 5.32 Å². The van der Waals surface area contributed by atoms with Crippen LogP contribution in [0.15, 0.2) is 59.5 Å². The SMILES string of the molecule is CC(=O)NS(=O)(=O)c1ccc(NC(=O)CCCC(=O)N(C)c2ccccc2)cc1. The van der Waals surface area contributed by atoms with Crippen molar-refractivity contribution < 1.29 is 22.8 Å². The number of carbonyl (C=O) groups excluding carboxylic acids is 3. The van der Waals surface area contributed by atoms with Crippen LogP contribution >= 0.6 is 0 Å². The van der Waals surface area contributed by atoms with Gasteiger partial charge in [0.25, 0.3) is 10.0 Å². The Morgan fingerprint density at radius 2 is 1.55 bits per heavy atom. The highest BCUT2D eigenvalue weighted by Crippen LogP contribution is 2.16. The third-order valence-corrected chi connectivity index (χ3v) is 5.49. The number of hydrogen-bond acceptors (Lipinski definition) is 5. The normalized spacial score (nSPS) is 10.8. The molecule has 2 aromatic carbocycles. The van der Waals surface area contributed by atoms with Crippen LogP contribution in [0.25, 0.3) is 0 Å². The van der Waals surface area contributed by atoms with Gasteiger partial charge in [0, 0.05) is 38.2 Å². The summed E-state index contributed by atoms with van der Waals surface area (Å²) >= 11 is 0. The third-order valence-electron chi connectivity index (χ3n) is 4.04. The smallest absolute Gasteiger partial charge is 0.264 e. The van der Waals surface area contributed by atoms with Gasteiger partial charge in [-0.3, -0.25) is 14.4 Å². The first-order valence-electron chi connectivity index (χ1n) is 8.94. The molecule has 2 rings (SSSR count). The molecule has 2 aromatic rings. The maximum atomic E-state index is 12.2. The van der Waals surface area contributed by atoms with Gasteiger partial charge in [0.1, 0.15) is 0 Å². The van der Waals surface area contributed by atoms with Crippen molar-refractivity contribution in [2.75, 3.05) is 17.3 Å². The van der Waals surface area contributed by atoms with Crippen molar-refractivity contribution in [1.82, 2.24) is 4.72 Å². The summed E-state index contributed by atoms with van der Waals surface area (Å²) in [6.07, 6.45) is 0.768. The Balaban J connectivity index is 1.82. The number of nitrogens with one attached hydrogen (secondary N) is 2. The summed E-state index contributed by atoms with van der Waals surface area (Å²) in [4.78, 5) is 36.7. The van der Waals surface area contributed by atoms with Crippen LogP contribution in [0, 0.1) is 0 Å². The van der Waals surface area contributed by atoms with Crippen LogP contribution in [0.3, 0.4) is 0 Å². The highest BCUT2D eigenvalue weighted by atomic mass is 32.2. The van der Waals surface area contributed by atoms with Gasteiger partial charge in [0.05, 0.1) is 4.90 Å². The van der Waals surface area contributed by atoms with Crippen LogP contribution in [0.4, 0.5) is 11.4 Å². The van der Waals surface area contributed by atoms with Crippen molar-refractivity contribution in [3.63, 3.8) is 0 Å². The highest BCUT2D eigenvalue weighted by Gasteiger charge is 2.15. The molecule has 29 heavy (non-hydrogen) atoms. The van der Waals surface area contributed by atoms with E-state index in [1.807, 2.05) is 35.1 Å². The molecule has 0 saturated heterocycles. The van der Waals surface area contributed by atoms with Gasteiger partial charge in [-0.1, -0.05) is 18.2 Å². The lowest BCUT2D eigenvalue weighted by Crippen LogP contribution is -2.28. The standard InChI is InChI=1S/C20H23N3O5S/c1-15(24)22-29(27,28)18-13-11-16(12-14-18)21-19(25)9-6-10-20(26)23(2)17-7-4-3-5-8-17/h3-5,7-8,11-14H,6,9-10H2,1-2H3,(H,21,25)(H,22,24). The van der Waals surface area contributed by atoms with E-state index in [-0.39, 0.29) is 29.6 Å². The molecule has 0 radical (unpaired) electrons. The van der Waals surface area contributed by atoms with E-state index in [9.17, 15) is 22.8 Å². The number of sulfonamides is 1. The molecule has 0 aliphatic heterocycles. The van der Waals surface area contributed by atoms with Gasteiger partial charge in [-0.05, 0) is 42.8 Å². The number of amides is 3. The summed E-state index contributed by atoms with van der Waals surface area (Å²) in [7, 11) is -2.23. The lowest BCUT2D eigenvalue weighted by molar-refractivity contribution is -0.119. The fourth-order valence-electron chi connectivity index (χ4n) is 2.55. The molecule has 0 aliphatic carbocycles. The van der Waals surface area contributed by atoms with E-state index in [1.165, 1.54) is 24.3 Å². The van der Waals surface area contributed by atoms with Crippen molar-refractivity contribution in [2.45, 2.75) is 31.1 Å². The summed E-state index contributed by atoms with van der Waals surface area (Å²) in [5, 5.41) is 2.65. The Morgan fingerprint density at radius 1 is 0.931 bits per heavy atom. The van der Waals surface area contributed by atoms with Crippen molar-refractivity contribution in [3.8, 4) is 0 Å². The van der Waals surface area contributed by atoms with Crippen LogP contribution in [0.1, 0.15) is 26.2 Å². The van der Waals surface area contributed by atoms with Gasteiger partial charge >= 0.3 is 0 Å². The molecular weight excluding hydrogens is 394 g/mol. The number of carbonyl (C=O) groups is 3.